The Bertz CT molecular complexity index is 877. The molecule has 0 radical (unpaired) electrons. The van der Waals surface area contributed by atoms with Crippen LogP contribution in [0.3, 0.4) is 0 Å². The number of halogens is 1. The predicted molar refractivity (Wildman–Crippen MR) is 95.2 cm³/mol. The maximum atomic E-state index is 14.2. The summed E-state index contributed by atoms with van der Waals surface area (Å²) in [5.41, 5.74) is 1.87. The Morgan fingerprint density at radius 3 is 3.00 bits per heavy atom. The van der Waals surface area contributed by atoms with Gasteiger partial charge in [-0.25, -0.2) is 9.37 Å². The Morgan fingerprint density at radius 2 is 2.16 bits per heavy atom. The number of hydrogen-bond donors (Lipinski definition) is 0. The number of piperidine rings is 1. The SMILES string of the molecule is COC[C@H]1CCCN(c2cc(-c3ccccc3F)nc3ccnn23)C1. The first kappa shape index (κ1) is 16.0. The lowest BCUT2D eigenvalue weighted by atomic mass is 9.99. The second kappa shape index (κ2) is 6.80. The smallest absolute Gasteiger partial charge is 0.157 e. The van der Waals surface area contributed by atoms with Crippen LogP contribution in [-0.4, -0.2) is 41.4 Å². The first-order valence-electron chi connectivity index (χ1n) is 8.60. The number of hydrogen-bond acceptors (Lipinski definition) is 4. The average molecular weight is 340 g/mol. The van der Waals surface area contributed by atoms with Gasteiger partial charge in [-0.15, -0.1) is 0 Å². The molecule has 1 aliphatic heterocycles. The average Bonchev–Trinajstić information content (AvgIpc) is 3.10. The Kier molecular flexibility index (Phi) is 4.36. The molecule has 3 heterocycles. The van der Waals surface area contributed by atoms with Crippen molar-refractivity contribution >= 4 is 11.5 Å². The van der Waals surface area contributed by atoms with Crippen LogP contribution in [-0.2, 0) is 4.74 Å². The van der Waals surface area contributed by atoms with Gasteiger partial charge in [0.2, 0.25) is 0 Å². The summed E-state index contributed by atoms with van der Waals surface area (Å²) in [6, 6.07) is 10.5. The molecular weight excluding hydrogens is 319 g/mol. The van der Waals surface area contributed by atoms with E-state index in [9.17, 15) is 4.39 Å². The van der Waals surface area contributed by atoms with Crippen LogP contribution in [0.1, 0.15) is 12.8 Å². The van der Waals surface area contributed by atoms with Gasteiger partial charge >= 0.3 is 0 Å². The van der Waals surface area contributed by atoms with Crippen LogP contribution in [0, 0.1) is 11.7 Å². The minimum atomic E-state index is -0.263. The van der Waals surface area contributed by atoms with Gasteiger partial charge in [0.1, 0.15) is 11.6 Å². The molecule has 0 N–H and O–H groups in total. The summed E-state index contributed by atoms with van der Waals surface area (Å²) in [7, 11) is 1.74. The summed E-state index contributed by atoms with van der Waals surface area (Å²) in [5.74, 6) is 1.18. The molecule has 0 amide bonds. The van der Waals surface area contributed by atoms with Gasteiger partial charge in [-0.1, -0.05) is 12.1 Å². The van der Waals surface area contributed by atoms with E-state index in [1.807, 2.05) is 22.7 Å². The maximum Gasteiger partial charge on any atom is 0.157 e. The summed E-state index contributed by atoms with van der Waals surface area (Å²) >= 11 is 0. The molecule has 4 rings (SSSR count). The highest BCUT2D eigenvalue weighted by atomic mass is 19.1. The van der Waals surface area contributed by atoms with Gasteiger partial charge in [0.05, 0.1) is 18.5 Å². The quantitative estimate of drug-likeness (QED) is 0.730. The molecule has 1 aliphatic rings. The third-order valence-corrected chi connectivity index (χ3v) is 4.74. The molecule has 25 heavy (non-hydrogen) atoms. The lowest BCUT2D eigenvalue weighted by molar-refractivity contribution is 0.143. The van der Waals surface area contributed by atoms with Crippen molar-refractivity contribution < 1.29 is 9.13 Å². The third-order valence-electron chi connectivity index (χ3n) is 4.74. The molecule has 1 fully saturated rings. The minimum absolute atomic E-state index is 0.263. The van der Waals surface area contributed by atoms with E-state index >= 15 is 0 Å². The van der Waals surface area contributed by atoms with Gasteiger partial charge in [-0.05, 0) is 30.9 Å². The molecule has 0 spiro atoms. The Morgan fingerprint density at radius 1 is 1.28 bits per heavy atom. The third kappa shape index (κ3) is 3.09. The molecule has 0 bridgehead atoms. The van der Waals surface area contributed by atoms with Crippen LogP contribution in [0.2, 0.25) is 0 Å². The summed E-state index contributed by atoms with van der Waals surface area (Å²) < 4.78 is 21.4. The van der Waals surface area contributed by atoms with Crippen molar-refractivity contribution in [2.75, 3.05) is 31.7 Å². The van der Waals surface area contributed by atoms with Crippen molar-refractivity contribution in [2.24, 2.45) is 5.92 Å². The fourth-order valence-electron chi connectivity index (χ4n) is 3.57. The lowest BCUT2D eigenvalue weighted by Crippen LogP contribution is -2.38. The molecule has 0 unspecified atom stereocenters. The number of fused-ring (bicyclic) bond motifs is 1. The number of nitrogens with zero attached hydrogens (tertiary/aromatic N) is 4. The van der Waals surface area contributed by atoms with Gasteiger partial charge in [0.15, 0.2) is 5.65 Å². The predicted octanol–water partition coefficient (Wildman–Crippen LogP) is 3.40. The molecule has 1 saturated heterocycles. The van der Waals surface area contributed by atoms with Gasteiger partial charge in [-0.2, -0.15) is 9.61 Å². The fourth-order valence-corrected chi connectivity index (χ4v) is 3.57. The van der Waals surface area contributed by atoms with E-state index in [4.69, 9.17) is 4.74 Å². The Labute approximate surface area is 146 Å². The molecule has 130 valence electrons. The molecule has 5 nitrogen and oxygen atoms in total. The van der Waals surface area contributed by atoms with Crippen molar-refractivity contribution in [2.45, 2.75) is 12.8 Å². The zero-order valence-electron chi connectivity index (χ0n) is 14.2. The van der Waals surface area contributed by atoms with Crippen LogP contribution in [0.25, 0.3) is 16.9 Å². The van der Waals surface area contributed by atoms with Crippen LogP contribution in [0.15, 0.2) is 42.6 Å². The van der Waals surface area contributed by atoms with Crippen LogP contribution in [0.5, 0.6) is 0 Å². The molecule has 3 aromatic rings. The van der Waals surface area contributed by atoms with Gasteiger partial charge in [0, 0.05) is 37.9 Å². The molecule has 2 aromatic heterocycles. The number of methoxy groups -OCH3 is 1. The second-order valence-electron chi connectivity index (χ2n) is 6.49. The van der Waals surface area contributed by atoms with Crippen LogP contribution < -0.4 is 4.90 Å². The standard InChI is InChI=1S/C19H21FN4O/c1-25-13-14-5-4-10-23(12-14)19-11-17(15-6-2-3-7-16(15)20)22-18-8-9-21-24(18)19/h2-3,6-9,11,14H,4-5,10,12-13H2,1H3/t14-/m0/s1. The number of ether oxygens (including phenoxy) is 1. The van der Waals surface area contributed by atoms with Gasteiger partial charge in [-0.3, -0.25) is 0 Å². The van der Waals surface area contributed by atoms with Crippen LogP contribution in [0.4, 0.5) is 10.2 Å². The molecule has 0 saturated carbocycles. The van der Waals surface area contributed by atoms with Gasteiger partial charge in [0.25, 0.3) is 0 Å². The normalized spacial score (nSPS) is 18.0. The summed E-state index contributed by atoms with van der Waals surface area (Å²) in [5, 5.41) is 4.41. The van der Waals surface area contributed by atoms with Crippen molar-refractivity contribution in [1.29, 1.82) is 0 Å². The van der Waals surface area contributed by atoms with E-state index in [1.54, 1.807) is 25.4 Å². The lowest BCUT2D eigenvalue weighted by Gasteiger charge is -2.34. The molecule has 1 atom stereocenters. The molecule has 1 aromatic carbocycles. The number of aromatic nitrogens is 3. The molecule has 6 heteroatoms. The first-order valence-corrected chi connectivity index (χ1v) is 8.60. The number of anilines is 1. The van der Waals surface area contributed by atoms with Gasteiger partial charge < -0.3 is 9.64 Å². The van der Waals surface area contributed by atoms with E-state index in [-0.39, 0.29) is 5.82 Å². The fraction of sp³-hybridized carbons (Fsp3) is 0.368. The Hall–Kier alpha value is -2.47. The number of rotatable bonds is 4. The summed E-state index contributed by atoms with van der Waals surface area (Å²) in [6.45, 7) is 2.61. The topological polar surface area (TPSA) is 42.7 Å². The Balaban J connectivity index is 1.78. The highest BCUT2D eigenvalue weighted by Crippen LogP contribution is 2.29. The van der Waals surface area contributed by atoms with Crippen molar-refractivity contribution in [3.05, 3.63) is 48.4 Å². The second-order valence-corrected chi connectivity index (χ2v) is 6.49. The van der Waals surface area contributed by atoms with Crippen molar-refractivity contribution in [3.63, 3.8) is 0 Å². The molecule has 0 aliphatic carbocycles. The number of benzene rings is 1. The van der Waals surface area contributed by atoms with E-state index in [0.717, 1.165) is 44.0 Å². The maximum absolute atomic E-state index is 14.2. The monoisotopic (exact) mass is 340 g/mol. The van der Waals surface area contributed by atoms with E-state index in [1.165, 1.54) is 6.07 Å². The molecular formula is C19H21FN4O. The zero-order chi connectivity index (χ0) is 17.2. The van der Waals surface area contributed by atoms with E-state index in [0.29, 0.717) is 17.2 Å². The van der Waals surface area contributed by atoms with E-state index in [2.05, 4.69) is 15.0 Å². The first-order chi connectivity index (χ1) is 12.3. The largest absolute Gasteiger partial charge is 0.384 e. The highest BCUT2D eigenvalue weighted by molar-refractivity contribution is 5.67. The minimum Gasteiger partial charge on any atom is -0.384 e. The summed E-state index contributed by atoms with van der Waals surface area (Å²) in [4.78, 5) is 6.89. The summed E-state index contributed by atoms with van der Waals surface area (Å²) in [6.07, 6.45) is 4.00. The van der Waals surface area contributed by atoms with Crippen molar-refractivity contribution in [3.8, 4) is 11.3 Å². The van der Waals surface area contributed by atoms with Crippen molar-refractivity contribution in [1.82, 2.24) is 14.6 Å². The van der Waals surface area contributed by atoms with Crippen LogP contribution >= 0.6 is 0 Å². The zero-order valence-corrected chi connectivity index (χ0v) is 14.2. The highest BCUT2D eigenvalue weighted by Gasteiger charge is 2.23. The van der Waals surface area contributed by atoms with E-state index < -0.39 is 0 Å².